The number of nitrogens with one attached hydrogen (secondary N) is 1. The second-order valence-corrected chi connectivity index (χ2v) is 7.58. The van der Waals surface area contributed by atoms with E-state index in [1.165, 1.54) is 12.1 Å². The van der Waals surface area contributed by atoms with Crippen molar-refractivity contribution < 1.29 is 13.2 Å². The van der Waals surface area contributed by atoms with E-state index in [1.807, 2.05) is 6.92 Å². The highest BCUT2D eigenvalue weighted by Crippen LogP contribution is 2.25. The Morgan fingerprint density at radius 1 is 1.53 bits per heavy atom. The monoisotopic (exact) mass is 367 g/mol. The fourth-order valence-electron chi connectivity index (χ4n) is 1.99. The molecule has 1 fully saturated rings. The molecule has 106 valence electrons. The highest BCUT2D eigenvalue weighted by atomic mass is 79.9. The first kappa shape index (κ1) is 15.3. The minimum Gasteiger partial charge on any atom is -0.378 e. The normalized spacial score (nSPS) is 23.7. The van der Waals surface area contributed by atoms with Crippen molar-refractivity contribution in [3.8, 4) is 0 Å². The van der Waals surface area contributed by atoms with Crippen LogP contribution < -0.4 is 4.72 Å². The lowest BCUT2D eigenvalue weighted by Gasteiger charge is -2.15. The predicted octanol–water partition coefficient (Wildman–Crippen LogP) is 2.81. The molecule has 2 unspecified atom stereocenters. The lowest BCUT2D eigenvalue weighted by atomic mass is 10.0. The van der Waals surface area contributed by atoms with Crippen molar-refractivity contribution in [2.75, 3.05) is 13.2 Å². The Labute approximate surface area is 126 Å². The molecule has 0 spiro atoms. The predicted molar refractivity (Wildman–Crippen MR) is 77.9 cm³/mol. The summed E-state index contributed by atoms with van der Waals surface area (Å²) in [5.41, 5.74) is 0. The van der Waals surface area contributed by atoms with Gasteiger partial charge < -0.3 is 4.74 Å². The highest BCUT2D eigenvalue weighted by molar-refractivity contribution is 9.10. The molecule has 0 bridgehead atoms. The van der Waals surface area contributed by atoms with E-state index in [2.05, 4.69) is 20.7 Å². The van der Waals surface area contributed by atoms with E-state index in [-0.39, 0.29) is 16.9 Å². The number of hydrogen-bond donors (Lipinski definition) is 1. The lowest BCUT2D eigenvalue weighted by molar-refractivity contribution is 0.107. The third-order valence-corrected chi connectivity index (χ3v) is 5.91. The van der Waals surface area contributed by atoms with Crippen LogP contribution in [0.5, 0.6) is 0 Å². The molecule has 1 aromatic carbocycles. The molecular weight excluding hydrogens is 354 g/mol. The van der Waals surface area contributed by atoms with Crippen molar-refractivity contribution in [3.63, 3.8) is 0 Å². The van der Waals surface area contributed by atoms with Crippen LogP contribution in [0.15, 0.2) is 27.6 Å². The summed E-state index contributed by atoms with van der Waals surface area (Å²) in [5, 5.41) is 0.483. The molecule has 2 rings (SSSR count). The van der Waals surface area contributed by atoms with Crippen LogP contribution in [0, 0.1) is 5.92 Å². The number of halogens is 2. The van der Waals surface area contributed by atoms with Crippen molar-refractivity contribution in [2.45, 2.75) is 24.3 Å². The van der Waals surface area contributed by atoms with Gasteiger partial charge in [0.15, 0.2) is 0 Å². The third kappa shape index (κ3) is 3.70. The van der Waals surface area contributed by atoms with Crippen molar-refractivity contribution in [1.29, 1.82) is 0 Å². The number of ether oxygens (including phenoxy) is 1. The summed E-state index contributed by atoms with van der Waals surface area (Å²) < 4.78 is 32.9. The van der Waals surface area contributed by atoms with Gasteiger partial charge >= 0.3 is 0 Å². The molecule has 0 aromatic heterocycles. The molecule has 1 heterocycles. The molecule has 7 heteroatoms. The molecule has 0 saturated carbocycles. The summed E-state index contributed by atoms with van der Waals surface area (Å²) in [4.78, 5) is 0.204. The number of rotatable bonds is 4. The van der Waals surface area contributed by atoms with E-state index in [0.717, 1.165) is 6.42 Å². The first-order valence-electron chi connectivity index (χ1n) is 5.96. The van der Waals surface area contributed by atoms with Gasteiger partial charge in [-0.3, -0.25) is 0 Å². The van der Waals surface area contributed by atoms with Crippen molar-refractivity contribution >= 4 is 37.6 Å². The van der Waals surface area contributed by atoms with Gasteiger partial charge in [0.1, 0.15) is 0 Å². The molecule has 0 radical (unpaired) electrons. The van der Waals surface area contributed by atoms with Gasteiger partial charge in [-0.1, -0.05) is 11.6 Å². The molecule has 2 atom stereocenters. The molecule has 0 aliphatic carbocycles. The smallest absolute Gasteiger partial charge is 0.240 e. The molecule has 1 saturated heterocycles. The molecule has 1 aliphatic rings. The summed E-state index contributed by atoms with van der Waals surface area (Å²) >= 11 is 9.07. The summed E-state index contributed by atoms with van der Waals surface area (Å²) in [6.07, 6.45) is 0.980. The Hall–Kier alpha value is -0.140. The molecule has 19 heavy (non-hydrogen) atoms. The van der Waals surface area contributed by atoms with Gasteiger partial charge in [0.2, 0.25) is 10.0 Å². The number of benzene rings is 1. The van der Waals surface area contributed by atoms with Crippen LogP contribution in [-0.4, -0.2) is 27.7 Å². The summed E-state index contributed by atoms with van der Waals surface area (Å²) in [7, 11) is -3.50. The van der Waals surface area contributed by atoms with E-state index in [0.29, 0.717) is 22.6 Å². The number of sulfonamides is 1. The molecular formula is C12H15BrClNO3S. The van der Waals surface area contributed by atoms with Crippen LogP contribution in [0.4, 0.5) is 0 Å². The quantitative estimate of drug-likeness (QED) is 0.889. The van der Waals surface area contributed by atoms with E-state index < -0.39 is 10.0 Å². The molecule has 4 nitrogen and oxygen atoms in total. The van der Waals surface area contributed by atoms with Crippen LogP contribution in [-0.2, 0) is 14.8 Å². The Kier molecular flexibility index (Phi) is 4.89. The van der Waals surface area contributed by atoms with E-state index >= 15 is 0 Å². The van der Waals surface area contributed by atoms with Gasteiger partial charge in [0, 0.05) is 23.5 Å². The van der Waals surface area contributed by atoms with Crippen molar-refractivity contribution in [3.05, 3.63) is 27.7 Å². The van der Waals surface area contributed by atoms with Crippen molar-refractivity contribution in [1.82, 2.24) is 4.72 Å². The van der Waals surface area contributed by atoms with Gasteiger partial charge in [-0.2, -0.15) is 0 Å². The average molecular weight is 369 g/mol. The fraction of sp³-hybridized carbons (Fsp3) is 0.500. The van der Waals surface area contributed by atoms with Crippen molar-refractivity contribution in [2.24, 2.45) is 5.92 Å². The minimum absolute atomic E-state index is 0.0969. The first-order chi connectivity index (χ1) is 8.90. The zero-order chi connectivity index (χ0) is 14.0. The Morgan fingerprint density at radius 3 is 2.84 bits per heavy atom. The van der Waals surface area contributed by atoms with Gasteiger partial charge in [0.25, 0.3) is 0 Å². The molecule has 1 N–H and O–H groups in total. The van der Waals surface area contributed by atoms with Crippen LogP contribution in [0.25, 0.3) is 0 Å². The second-order valence-electron chi connectivity index (χ2n) is 4.55. The standard InChI is InChI=1S/C12H15BrClNO3S/c1-8-9(4-5-18-8)7-15-19(16,17)10-2-3-12(14)11(13)6-10/h2-3,6,8-9,15H,4-5,7H2,1H3. The summed E-state index contributed by atoms with van der Waals surface area (Å²) in [6, 6.07) is 4.55. The number of hydrogen-bond acceptors (Lipinski definition) is 3. The zero-order valence-electron chi connectivity index (χ0n) is 10.4. The maximum absolute atomic E-state index is 12.1. The maximum atomic E-state index is 12.1. The lowest BCUT2D eigenvalue weighted by Crippen LogP contribution is -2.32. The van der Waals surface area contributed by atoms with Gasteiger partial charge in [0.05, 0.1) is 16.0 Å². The van der Waals surface area contributed by atoms with E-state index in [9.17, 15) is 8.42 Å². The first-order valence-corrected chi connectivity index (χ1v) is 8.62. The summed E-state index contributed by atoms with van der Waals surface area (Å²) in [6.45, 7) is 3.05. The minimum atomic E-state index is -3.50. The largest absolute Gasteiger partial charge is 0.378 e. The van der Waals surface area contributed by atoms with Gasteiger partial charge in [-0.15, -0.1) is 0 Å². The third-order valence-electron chi connectivity index (χ3n) is 3.27. The average Bonchev–Trinajstić information content (AvgIpc) is 2.76. The Morgan fingerprint density at radius 2 is 2.26 bits per heavy atom. The van der Waals surface area contributed by atoms with E-state index in [4.69, 9.17) is 16.3 Å². The zero-order valence-corrected chi connectivity index (χ0v) is 13.6. The maximum Gasteiger partial charge on any atom is 0.240 e. The Bertz CT molecular complexity index is 564. The SMILES string of the molecule is CC1OCCC1CNS(=O)(=O)c1ccc(Cl)c(Br)c1. The van der Waals surface area contributed by atoms with Gasteiger partial charge in [-0.25, -0.2) is 13.1 Å². The molecule has 1 aliphatic heterocycles. The van der Waals surface area contributed by atoms with Gasteiger partial charge in [-0.05, 0) is 47.5 Å². The fourth-order valence-corrected chi connectivity index (χ4v) is 3.76. The van der Waals surface area contributed by atoms with Crippen LogP contribution in [0.3, 0.4) is 0 Å². The molecule has 0 amide bonds. The molecule has 1 aromatic rings. The summed E-state index contributed by atoms with van der Waals surface area (Å²) in [5.74, 6) is 0.227. The van der Waals surface area contributed by atoms with Crippen LogP contribution in [0.1, 0.15) is 13.3 Å². The van der Waals surface area contributed by atoms with E-state index in [1.54, 1.807) is 6.07 Å². The Balaban J connectivity index is 2.07. The topological polar surface area (TPSA) is 55.4 Å². The van der Waals surface area contributed by atoms with Crippen LogP contribution in [0.2, 0.25) is 5.02 Å². The van der Waals surface area contributed by atoms with Crippen LogP contribution >= 0.6 is 27.5 Å². The second kappa shape index (κ2) is 6.10. The highest BCUT2D eigenvalue weighted by Gasteiger charge is 2.26.